The Hall–Kier alpha value is -2.29. The van der Waals surface area contributed by atoms with Crippen molar-refractivity contribution >= 4 is 57.5 Å². The molecule has 0 atom stereocenters. The van der Waals surface area contributed by atoms with E-state index in [9.17, 15) is 14.0 Å². The number of aromatic nitrogens is 1. The highest BCUT2D eigenvalue weighted by Crippen LogP contribution is 2.33. The highest BCUT2D eigenvalue weighted by Gasteiger charge is 2.22. The molecular weight excluding hydrogens is 457 g/mol. The van der Waals surface area contributed by atoms with Crippen LogP contribution in [-0.2, 0) is 16.0 Å². The second-order valence-electron chi connectivity index (χ2n) is 7.49. The molecule has 1 aliphatic carbocycles. The van der Waals surface area contributed by atoms with Gasteiger partial charge in [0.15, 0.2) is 0 Å². The molecule has 4 rings (SSSR count). The summed E-state index contributed by atoms with van der Waals surface area (Å²) < 4.78 is 14.9. The number of anilines is 2. The molecule has 0 saturated heterocycles. The lowest BCUT2D eigenvalue weighted by molar-refractivity contribution is -0.120. The number of amides is 2. The molecule has 2 heterocycles. The molecule has 1 fully saturated rings. The van der Waals surface area contributed by atoms with Gasteiger partial charge in [-0.1, -0.05) is 30.9 Å². The Morgan fingerprint density at radius 3 is 2.68 bits per heavy atom. The van der Waals surface area contributed by atoms with Gasteiger partial charge in [-0.2, -0.15) is 0 Å². The minimum absolute atomic E-state index is 0.0801. The minimum atomic E-state index is -0.527. The number of benzene rings is 1. The number of carbonyl (C=O) groups is 2. The third-order valence-electron chi connectivity index (χ3n) is 5.16. The topological polar surface area (TPSA) is 71.1 Å². The first kappa shape index (κ1) is 21.9. The Labute approximate surface area is 192 Å². The van der Waals surface area contributed by atoms with Crippen LogP contribution in [0.3, 0.4) is 0 Å². The van der Waals surface area contributed by atoms with E-state index < -0.39 is 5.82 Å². The van der Waals surface area contributed by atoms with E-state index in [1.54, 1.807) is 0 Å². The monoisotopic (exact) mass is 477 g/mol. The summed E-state index contributed by atoms with van der Waals surface area (Å²) in [5.74, 6) is -1.03. The number of rotatable bonds is 6. The van der Waals surface area contributed by atoms with E-state index in [0.717, 1.165) is 42.0 Å². The van der Waals surface area contributed by atoms with Crippen molar-refractivity contribution in [1.29, 1.82) is 0 Å². The van der Waals surface area contributed by atoms with Crippen molar-refractivity contribution in [2.75, 3.05) is 10.6 Å². The summed E-state index contributed by atoms with van der Waals surface area (Å²) in [6.45, 7) is 0. The van der Waals surface area contributed by atoms with E-state index in [-0.39, 0.29) is 29.8 Å². The predicted octanol–water partition coefficient (Wildman–Crippen LogP) is 6.36. The van der Waals surface area contributed by atoms with Gasteiger partial charge in [-0.15, -0.1) is 22.7 Å². The van der Waals surface area contributed by atoms with Crippen molar-refractivity contribution in [3.63, 3.8) is 0 Å². The molecule has 0 aliphatic heterocycles. The molecule has 2 aromatic heterocycles. The van der Waals surface area contributed by atoms with Gasteiger partial charge in [-0.25, -0.2) is 9.37 Å². The van der Waals surface area contributed by atoms with Crippen molar-refractivity contribution in [3.8, 4) is 9.88 Å². The fraction of sp³-hybridized carbons (Fsp3) is 0.318. The molecule has 3 aromatic rings. The predicted molar refractivity (Wildman–Crippen MR) is 124 cm³/mol. The largest absolute Gasteiger partial charge is 0.326 e. The maximum Gasteiger partial charge on any atom is 0.230 e. The summed E-state index contributed by atoms with van der Waals surface area (Å²) >= 11 is 8.86. The lowest BCUT2D eigenvalue weighted by Gasteiger charge is -2.21. The van der Waals surface area contributed by atoms with Crippen LogP contribution >= 0.6 is 34.3 Å². The maximum atomic E-state index is 14.2. The smallest absolute Gasteiger partial charge is 0.230 e. The van der Waals surface area contributed by atoms with E-state index >= 15 is 0 Å². The third kappa shape index (κ3) is 5.70. The van der Waals surface area contributed by atoms with Gasteiger partial charge >= 0.3 is 0 Å². The highest BCUT2D eigenvalue weighted by molar-refractivity contribution is 7.23. The quantitative estimate of drug-likeness (QED) is 0.433. The van der Waals surface area contributed by atoms with Crippen LogP contribution in [0.2, 0.25) is 4.34 Å². The van der Waals surface area contributed by atoms with Crippen LogP contribution in [0.15, 0.2) is 35.7 Å². The van der Waals surface area contributed by atoms with Crippen molar-refractivity contribution in [2.24, 2.45) is 5.92 Å². The van der Waals surface area contributed by atoms with Crippen LogP contribution in [0.25, 0.3) is 9.88 Å². The molecule has 0 radical (unpaired) electrons. The first-order chi connectivity index (χ1) is 15.0. The molecule has 0 spiro atoms. The van der Waals surface area contributed by atoms with Gasteiger partial charge in [-0.3, -0.25) is 9.59 Å². The first-order valence-electron chi connectivity index (χ1n) is 10.1. The molecule has 0 unspecified atom stereocenters. The van der Waals surface area contributed by atoms with Crippen molar-refractivity contribution in [3.05, 3.63) is 51.6 Å². The average Bonchev–Trinajstić information content (AvgIpc) is 3.40. The Balaban J connectivity index is 1.37. The summed E-state index contributed by atoms with van der Waals surface area (Å²) in [5, 5.41) is 8.08. The van der Waals surface area contributed by atoms with Gasteiger partial charge in [0.05, 0.1) is 27.0 Å². The second kappa shape index (κ2) is 9.89. The number of nitrogens with zero attached hydrogens (tertiary/aromatic N) is 1. The van der Waals surface area contributed by atoms with Gasteiger partial charge in [-0.05, 0) is 43.2 Å². The third-order valence-corrected chi connectivity index (χ3v) is 7.45. The molecule has 0 bridgehead atoms. The van der Waals surface area contributed by atoms with Crippen LogP contribution in [0.1, 0.15) is 37.8 Å². The van der Waals surface area contributed by atoms with Gasteiger partial charge in [0.2, 0.25) is 11.8 Å². The molecule has 162 valence electrons. The zero-order valence-electron chi connectivity index (χ0n) is 16.6. The van der Waals surface area contributed by atoms with E-state index in [1.807, 2.05) is 17.5 Å². The second-order valence-corrected chi connectivity index (χ2v) is 10.1. The first-order valence-corrected chi connectivity index (χ1v) is 12.2. The van der Waals surface area contributed by atoms with Crippen LogP contribution in [-0.4, -0.2) is 16.8 Å². The normalized spacial score (nSPS) is 14.4. The standard InChI is InChI=1S/C22H21ClFN3O2S2/c23-19-9-8-18(31-19)22-26-15(12-30-22)11-20(28)25-14-6-7-16(24)17(10-14)27-21(29)13-4-2-1-3-5-13/h6-10,12-13H,1-5,11H2,(H,25,28)(H,27,29). The number of hydrogen-bond donors (Lipinski definition) is 2. The van der Waals surface area contributed by atoms with E-state index in [2.05, 4.69) is 15.6 Å². The van der Waals surface area contributed by atoms with E-state index in [0.29, 0.717) is 15.7 Å². The minimum Gasteiger partial charge on any atom is -0.326 e. The number of thiophene rings is 1. The number of carbonyl (C=O) groups excluding carboxylic acids is 2. The Morgan fingerprint density at radius 2 is 1.94 bits per heavy atom. The summed E-state index contributed by atoms with van der Waals surface area (Å²) in [6.07, 6.45) is 4.94. The van der Waals surface area contributed by atoms with Crippen LogP contribution in [0, 0.1) is 11.7 Å². The molecule has 31 heavy (non-hydrogen) atoms. The number of nitrogens with one attached hydrogen (secondary N) is 2. The molecule has 2 N–H and O–H groups in total. The van der Waals surface area contributed by atoms with Crippen LogP contribution < -0.4 is 10.6 Å². The lowest BCUT2D eigenvalue weighted by atomic mass is 9.88. The van der Waals surface area contributed by atoms with Crippen LogP contribution in [0.4, 0.5) is 15.8 Å². The molecule has 1 aliphatic rings. The van der Waals surface area contributed by atoms with E-state index in [4.69, 9.17) is 11.6 Å². The molecule has 1 aromatic carbocycles. The number of hydrogen-bond acceptors (Lipinski definition) is 5. The van der Waals surface area contributed by atoms with Gasteiger partial charge < -0.3 is 10.6 Å². The van der Waals surface area contributed by atoms with Gasteiger partial charge in [0.1, 0.15) is 10.8 Å². The Morgan fingerprint density at radius 1 is 1.13 bits per heavy atom. The fourth-order valence-electron chi connectivity index (χ4n) is 3.60. The molecule has 1 saturated carbocycles. The van der Waals surface area contributed by atoms with Crippen LogP contribution in [0.5, 0.6) is 0 Å². The van der Waals surface area contributed by atoms with Gasteiger partial charge in [0.25, 0.3) is 0 Å². The maximum absolute atomic E-state index is 14.2. The summed E-state index contributed by atoms with van der Waals surface area (Å²) in [4.78, 5) is 30.3. The summed E-state index contributed by atoms with van der Waals surface area (Å²) in [6, 6.07) is 7.89. The SMILES string of the molecule is O=C(Cc1csc(-c2ccc(Cl)s2)n1)Nc1ccc(F)c(NC(=O)C2CCCCC2)c1. The molecule has 2 amide bonds. The molecule has 9 heteroatoms. The zero-order chi connectivity index (χ0) is 21.8. The van der Waals surface area contributed by atoms with E-state index in [1.165, 1.54) is 40.9 Å². The fourth-order valence-corrected chi connectivity index (χ4v) is 5.53. The van der Waals surface area contributed by atoms with Crippen molar-refractivity contribution in [1.82, 2.24) is 4.98 Å². The van der Waals surface area contributed by atoms with Gasteiger partial charge in [0, 0.05) is 17.0 Å². The molecule has 5 nitrogen and oxygen atoms in total. The highest BCUT2D eigenvalue weighted by atomic mass is 35.5. The van der Waals surface area contributed by atoms with Crippen molar-refractivity contribution < 1.29 is 14.0 Å². The number of thiazole rings is 1. The van der Waals surface area contributed by atoms with Crippen molar-refractivity contribution in [2.45, 2.75) is 38.5 Å². The summed E-state index contributed by atoms with van der Waals surface area (Å²) in [5.41, 5.74) is 1.15. The summed E-state index contributed by atoms with van der Waals surface area (Å²) in [7, 11) is 0. The Bertz CT molecular complexity index is 1090. The average molecular weight is 478 g/mol. The number of halogens is 2. The Kier molecular flexibility index (Phi) is 6.99. The lowest BCUT2D eigenvalue weighted by Crippen LogP contribution is -2.25. The zero-order valence-corrected chi connectivity index (χ0v) is 19.0. The molecular formula is C22H21ClFN3O2S2.